The predicted octanol–water partition coefficient (Wildman–Crippen LogP) is 1.10. The van der Waals surface area contributed by atoms with E-state index in [1.165, 1.54) is 0 Å². The summed E-state index contributed by atoms with van der Waals surface area (Å²) in [5.41, 5.74) is 0.491. The van der Waals surface area contributed by atoms with E-state index in [0.29, 0.717) is 12.1 Å². The maximum absolute atomic E-state index is 10.6. The molecule has 0 aromatic carbocycles. The van der Waals surface area contributed by atoms with Gasteiger partial charge in [-0.3, -0.25) is 4.90 Å². The van der Waals surface area contributed by atoms with Crippen LogP contribution >= 0.6 is 15.9 Å². The Morgan fingerprint density at radius 3 is 3.08 bits per heavy atom. The minimum absolute atomic E-state index is 0.178. The Balaban J connectivity index is 2.69. The Kier molecular flexibility index (Phi) is 3.29. The molecule has 0 saturated heterocycles. The summed E-state index contributed by atoms with van der Waals surface area (Å²) in [5, 5.41) is 8.75. The lowest BCUT2D eigenvalue weighted by Crippen LogP contribution is -2.36. The van der Waals surface area contributed by atoms with Crippen molar-refractivity contribution >= 4 is 21.9 Å². The summed E-state index contributed by atoms with van der Waals surface area (Å²) in [5.74, 6) is -0.808. The van der Waals surface area contributed by atoms with Crippen molar-refractivity contribution in [1.29, 1.82) is 0 Å². The molecule has 1 heterocycles. The van der Waals surface area contributed by atoms with E-state index >= 15 is 0 Å². The highest BCUT2D eigenvalue weighted by atomic mass is 79.9. The quantitative estimate of drug-likeness (QED) is 0.727. The third-order valence-electron chi connectivity index (χ3n) is 1.93. The van der Waals surface area contributed by atoms with Crippen LogP contribution in [0.5, 0.6) is 0 Å². The van der Waals surface area contributed by atoms with Gasteiger partial charge < -0.3 is 5.11 Å². The van der Waals surface area contributed by atoms with E-state index in [2.05, 4.69) is 20.8 Å². The monoisotopic (exact) mass is 233 g/mol. The van der Waals surface area contributed by atoms with Gasteiger partial charge in [-0.15, -0.1) is 0 Å². The van der Waals surface area contributed by atoms with Crippen LogP contribution in [-0.4, -0.2) is 40.4 Å². The molecular weight excluding hydrogens is 222 g/mol. The molecule has 1 unspecified atom stereocenters. The van der Waals surface area contributed by atoms with Gasteiger partial charge in [0.05, 0.1) is 0 Å². The number of likely N-dealkylation sites (N-methyl/N-ethyl adjacent to an activating group) is 1. The minimum Gasteiger partial charge on any atom is -0.478 e. The molecule has 3 nitrogen and oxygen atoms in total. The number of carboxylic acids is 1. The fourth-order valence-electron chi connectivity index (χ4n) is 1.26. The van der Waals surface area contributed by atoms with Gasteiger partial charge in [0.15, 0.2) is 0 Å². The maximum atomic E-state index is 10.6. The Morgan fingerprint density at radius 2 is 2.58 bits per heavy atom. The molecule has 0 aliphatic carbocycles. The first-order valence-electron chi connectivity index (χ1n) is 3.94. The Labute approximate surface area is 80.2 Å². The van der Waals surface area contributed by atoms with Gasteiger partial charge in [-0.05, 0) is 6.54 Å². The van der Waals surface area contributed by atoms with Crippen molar-refractivity contribution in [2.75, 3.05) is 19.6 Å². The van der Waals surface area contributed by atoms with E-state index in [-0.39, 0.29) is 4.83 Å². The molecule has 0 bridgehead atoms. The standard InChI is InChI=1S/C8H12BrNO2/c1-2-10-4-6(8(11)12)3-7(9)5-10/h3,7H,2,4-5H2,1H3,(H,11,12). The van der Waals surface area contributed by atoms with Crippen LogP contribution in [0, 0.1) is 0 Å². The summed E-state index contributed by atoms with van der Waals surface area (Å²) in [7, 11) is 0. The molecule has 1 aliphatic rings. The van der Waals surface area contributed by atoms with E-state index in [0.717, 1.165) is 13.1 Å². The van der Waals surface area contributed by atoms with Crippen LogP contribution < -0.4 is 0 Å². The first kappa shape index (κ1) is 9.74. The summed E-state index contributed by atoms with van der Waals surface area (Å²) in [6.07, 6.45) is 1.77. The first-order valence-corrected chi connectivity index (χ1v) is 4.85. The number of carbonyl (C=O) groups is 1. The average molecular weight is 234 g/mol. The lowest BCUT2D eigenvalue weighted by Gasteiger charge is -2.26. The molecule has 0 amide bonds. The first-order chi connectivity index (χ1) is 5.63. The summed E-state index contributed by atoms with van der Waals surface area (Å²) < 4.78 is 0. The van der Waals surface area contributed by atoms with Crippen LogP contribution in [0.2, 0.25) is 0 Å². The maximum Gasteiger partial charge on any atom is 0.332 e. The zero-order chi connectivity index (χ0) is 9.14. The summed E-state index contributed by atoms with van der Waals surface area (Å²) >= 11 is 3.40. The van der Waals surface area contributed by atoms with Gasteiger partial charge in [-0.1, -0.05) is 28.9 Å². The van der Waals surface area contributed by atoms with Crippen molar-refractivity contribution < 1.29 is 9.90 Å². The highest BCUT2D eigenvalue weighted by molar-refractivity contribution is 9.09. The second-order valence-electron chi connectivity index (χ2n) is 2.84. The van der Waals surface area contributed by atoms with E-state index in [1.807, 2.05) is 6.92 Å². The number of aliphatic carboxylic acids is 1. The molecule has 0 aromatic rings. The molecule has 0 aromatic heterocycles. The molecule has 4 heteroatoms. The predicted molar refractivity (Wildman–Crippen MR) is 50.5 cm³/mol. The van der Waals surface area contributed by atoms with Crippen molar-refractivity contribution in [2.24, 2.45) is 0 Å². The van der Waals surface area contributed by atoms with E-state index in [9.17, 15) is 4.79 Å². The van der Waals surface area contributed by atoms with E-state index in [4.69, 9.17) is 5.11 Å². The van der Waals surface area contributed by atoms with Crippen LogP contribution in [0.25, 0.3) is 0 Å². The van der Waals surface area contributed by atoms with Crippen molar-refractivity contribution in [2.45, 2.75) is 11.8 Å². The molecule has 0 radical (unpaired) electrons. The third-order valence-corrected chi connectivity index (χ3v) is 2.48. The molecule has 0 spiro atoms. The van der Waals surface area contributed by atoms with Gasteiger partial charge >= 0.3 is 5.97 Å². The van der Waals surface area contributed by atoms with Gasteiger partial charge in [-0.2, -0.15) is 0 Å². The van der Waals surface area contributed by atoms with Gasteiger partial charge in [-0.25, -0.2) is 4.79 Å². The Hall–Kier alpha value is -0.350. The number of rotatable bonds is 2. The third kappa shape index (κ3) is 2.32. The molecular formula is C8H12BrNO2. The van der Waals surface area contributed by atoms with E-state index < -0.39 is 5.97 Å². The highest BCUT2D eigenvalue weighted by Gasteiger charge is 2.20. The lowest BCUT2D eigenvalue weighted by molar-refractivity contribution is -0.133. The molecule has 1 N–H and O–H groups in total. The van der Waals surface area contributed by atoms with Gasteiger partial charge in [0, 0.05) is 23.5 Å². The Morgan fingerprint density at radius 1 is 1.92 bits per heavy atom. The van der Waals surface area contributed by atoms with Gasteiger partial charge in [0.25, 0.3) is 0 Å². The molecule has 1 aliphatic heterocycles. The van der Waals surface area contributed by atoms with E-state index in [1.54, 1.807) is 6.08 Å². The molecule has 1 rings (SSSR count). The number of carboxylic acid groups (broad SMARTS) is 1. The lowest BCUT2D eigenvalue weighted by atomic mass is 10.1. The van der Waals surface area contributed by atoms with Crippen molar-refractivity contribution in [3.05, 3.63) is 11.6 Å². The average Bonchev–Trinajstić information content (AvgIpc) is 2.03. The zero-order valence-electron chi connectivity index (χ0n) is 6.96. The molecule has 0 fully saturated rings. The number of hydrogen-bond acceptors (Lipinski definition) is 2. The summed E-state index contributed by atoms with van der Waals surface area (Å²) in [4.78, 5) is 12.9. The van der Waals surface area contributed by atoms with Gasteiger partial charge in [0.2, 0.25) is 0 Å². The highest BCUT2D eigenvalue weighted by Crippen LogP contribution is 2.15. The van der Waals surface area contributed by atoms with Crippen LogP contribution in [-0.2, 0) is 4.79 Å². The molecule has 1 atom stereocenters. The van der Waals surface area contributed by atoms with Crippen LogP contribution in [0.3, 0.4) is 0 Å². The molecule has 0 saturated carbocycles. The zero-order valence-corrected chi connectivity index (χ0v) is 8.54. The fourth-order valence-corrected chi connectivity index (χ4v) is 1.98. The second-order valence-corrected chi connectivity index (χ2v) is 4.02. The molecule has 12 heavy (non-hydrogen) atoms. The van der Waals surface area contributed by atoms with Crippen molar-refractivity contribution in [3.8, 4) is 0 Å². The van der Waals surface area contributed by atoms with Crippen molar-refractivity contribution in [3.63, 3.8) is 0 Å². The topological polar surface area (TPSA) is 40.5 Å². The van der Waals surface area contributed by atoms with Crippen molar-refractivity contribution in [1.82, 2.24) is 4.90 Å². The number of alkyl halides is 1. The SMILES string of the molecule is CCN1CC(C(=O)O)=CC(Br)C1. The van der Waals surface area contributed by atoms with Crippen LogP contribution in [0.15, 0.2) is 11.6 Å². The smallest absolute Gasteiger partial charge is 0.332 e. The normalized spacial score (nSPS) is 25.2. The van der Waals surface area contributed by atoms with Gasteiger partial charge in [0.1, 0.15) is 0 Å². The fraction of sp³-hybridized carbons (Fsp3) is 0.625. The van der Waals surface area contributed by atoms with Crippen LogP contribution in [0.4, 0.5) is 0 Å². The molecule has 68 valence electrons. The Bertz CT molecular complexity index is 215. The second kappa shape index (κ2) is 4.05. The number of hydrogen-bond donors (Lipinski definition) is 1. The number of halogens is 1. The number of nitrogens with zero attached hydrogens (tertiary/aromatic N) is 1. The largest absolute Gasteiger partial charge is 0.478 e. The van der Waals surface area contributed by atoms with Crippen LogP contribution in [0.1, 0.15) is 6.92 Å². The minimum atomic E-state index is -0.808. The summed E-state index contributed by atoms with van der Waals surface area (Å²) in [6.45, 7) is 4.39. The summed E-state index contributed by atoms with van der Waals surface area (Å²) in [6, 6.07) is 0.